The van der Waals surface area contributed by atoms with E-state index in [1.54, 1.807) is 31.2 Å². The van der Waals surface area contributed by atoms with Crippen molar-refractivity contribution in [2.45, 2.75) is 17.1 Å². The van der Waals surface area contributed by atoms with Crippen molar-refractivity contribution in [2.75, 3.05) is 5.32 Å². The SMILES string of the molecule is CC(Sc1ccccc1F)C(=O)Nc1ccc(Br)cc1F. The van der Waals surface area contributed by atoms with E-state index in [9.17, 15) is 13.6 Å². The van der Waals surface area contributed by atoms with Gasteiger partial charge < -0.3 is 5.32 Å². The second-order valence-corrected chi connectivity index (χ2v) is 6.60. The number of carbonyl (C=O) groups excluding carboxylic acids is 1. The van der Waals surface area contributed by atoms with Gasteiger partial charge in [-0.3, -0.25) is 4.79 Å². The Morgan fingerprint density at radius 3 is 2.57 bits per heavy atom. The molecule has 2 rings (SSSR count). The van der Waals surface area contributed by atoms with Crippen molar-refractivity contribution in [2.24, 2.45) is 0 Å². The van der Waals surface area contributed by atoms with E-state index in [0.717, 1.165) is 11.8 Å². The Balaban J connectivity index is 2.04. The van der Waals surface area contributed by atoms with Crippen LogP contribution >= 0.6 is 27.7 Å². The lowest BCUT2D eigenvalue weighted by Gasteiger charge is -2.13. The summed E-state index contributed by atoms with van der Waals surface area (Å²) < 4.78 is 27.8. The fraction of sp³-hybridized carbons (Fsp3) is 0.133. The zero-order valence-corrected chi connectivity index (χ0v) is 13.5. The Bertz CT molecular complexity index is 666. The van der Waals surface area contributed by atoms with Gasteiger partial charge in [0.15, 0.2) is 0 Å². The maximum atomic E-state index is 13.7. The van der Waals surface area contributed by atoms with Gasteiger partial charge in [-0.05, 0) is 37.3 Å². The van der Waals surface area contributed by atoms with Gasteiger partial charge in [0.1, 0.15) is 11.6 Å². The highest BCUT2D eigenvalue weighted by Gasteiger charge is 2.17. The van der Waals surface area contributed by atoms with E-state index >= 15 is 0 Å². The smallest absolute Gasteiger partial charge is 0.237 e. The van der Waals surface area contributed by atoms with Crippen LogP contribution in [0.4, 0.5) is 14.5 Å². The number of amides is 1. The van der Waals surface area contributed by atoms with E-state index in [0.29, 0.717) is 9.37 Å². The van der Waals surface area contributed by atoms with E-state index in [2.05, 4.69) is 21.2 Å². The average Bonchev–Trinajstić information content (AvgIpc) is 2.44. The van der Waals surface area contributed by atoms with Gasteiger partial charge in [-0.15, -0.1) is 11.8 Å². The summed E-state index contributed by atoms with van der Waals surface area (Å²) >= 11 is 4.23. The first-order valence-electron chi connectivity index (χ1n) is 6.14. The van der Waals surface area contributed by atoms with E-state index in [1.807, 2.05) is 0 Å². The number of hydrogen-bond donors (Lipinski definition) is 1. The molecule has 1 amide bonds. The van der Waals surface area contributed by atoms with E-state index in [-0.39, 0.29) is 17.4 Å². The second kappa shape index (κ2) is 7.04. The van der Waals surface area contributed by atoms with Crippen molar-refractivity contribution >= 4 is 39.3 Å². The number of nitrogens with one attached hydrogen (secondary N) is 1. The molecule has 0 saturated carbocycles. The fourth-order valence-corrected chi connectivity index (χ4v) is 2.83. The fourth-order valence-electron chi connectivity index (χ4n) is 1.61. The molecule has 0 heterocycles. The molecule has 0 bridgehead atoms. The number of rotatable bonds is 4. The lowest BCUT2D eigenvalue weighted by Crippen LogP contribution is -2.23. The highest BCUT2D eigenvalue weighted by molar-refractivity contribution is 9.10. The topological polar surface area (TPSA) is 29.1 Å². The highest BCUT2D eigenvalue weighted by Crippen LogP contribution is 2.27. The summed E-state index contributed by atoms with van der Waals surface area (Å²) in [5.74, 6) is -1.29. The van der Waals surface area contributed by atoms with Gasteiger partial charge >= 0.3 is 0 Å². The molecule has 0 aliphatic carbocycles. The molecule has 0 spiro atoms. The predicted octanol–water partition coefficient (Wildman–Crippen LogP) is 4.85. The lowest BCUT2D eigenvalue weighted by molar-refractivity contribution is -0.115. The molecule has 21 heavy (non-hydrogen) atoms. The molecule has 1 N–H and O–H groups in total. The van der Waals surface area contributed by atoms with Crippen molar-refractivity contribution in [3.05, 3.63) is 58.6 Å². The van der Waals surface area contributed by atoms with E-state index in [4.69, 9.17) is 0 Å². The van der Waals surface area contributed by atoms with Gasteiger partial charge in [0.05, 0.1) is 10.9 Å². The summed E-state index contributed by atoms with van der Waals surface area (Å²) in [6, 6.07) is 10.6. The van der Waals surface area contributed by atoms with E-state index in [1.165, 1.54) is 18.2 Å². The average molecular weight is 372 g/mol. The van der Waals surface area contributed by atoms with Gasteiger partial charge in [0.25, 0.3) is 0 Å². The van der Waals surface area contributed by atoms with Crippen LogP contribution in [0.5, 0.6) is 0 Å². The van der Waals surface area contributed by atoms with Crippen LogP contribution < -0.4 is 5.32 Å². The number of anilines is 1. The molecule has 0 radical (unpaired) electrons. The zero-order valence-electron chi connectivity index (χ0n) is 11.1. The van der Waals surface area contributed by atoms with Gasteiger partial charge in [-0.2, -0.15) is 0 Å². The lowest BCUT2D eigenvalue weighted by atomic mass is 10.3. The third-order valence-electron chi connectivity index (χ3n) is 2.70. The molecule has 0 aliphatic rings. The van der Waals surface area contributed by atoms with Gasteiger partial charge in [-0.25, -0.2) is 8.78 Å². The Hall–Kier alpha value is -1.40. The zero-order chi connectivity index (χ0) is 15.4. The third kappa shape index (κ3) is 4.28. The summed E-state index contributed by atoms with van der Waals surface area (Å²) in [6.45, 7) is 1.64. The predicted molar refractivity (Wildman–Crippen MR) is 84.4 cm³/mol. The standard InChI is InChI=1S/C15H12BrF2NOS/c1-9(21-14-5-3-2-4-11(14)17)15(20)19-13-7-6-10(16)8-12(13)18/h2-9H,1H3,(H,19,20). The molecule has 110 valence electrons. The summed E-state index contributed by atoms with van der Waals surface area (Å²) in [6.07, 6.45) is 0. The van der Waals surface area contributed by atoms with Crippen LogP contribution in [-0.4, -0.2) is 11.2 Å². The van der Waals surface area contributed by atoms with Crippen molar-refractivity contribution in [1.82, 2.24) is 0 Å². The van der Waals surface area contributed by atoms with Crippen LogP contribution in [0.3, 0.4) is 0 Å². The van der Waals surface area contributed by atoms with Gasteiger partial charge in [-0.1, -0.05) is 28.1 Å². The quantitative estimate of drug-likeness (QED) is 0.778. The molecule has 1 atom stereocenters. The highest BCUT2D eigenvalue weighted by atomic mass is 79.9. The minimum absolute atomic E-state index is 0.101. The number of benzene rings is 2. The van der Waals surface area contributed by atoms with Gasteiger partial charge in [0.2, 0.25) is 5.91 Å². The molecule has 0 fully saturated rings. The summed E-state index contributed by atoms with van der Waals surface area (Å²) in [5, 5.41) is 1.95. The van der Waals surface area contributed by atoms with Crippen molar-refractivity contribution in [1.29, 1.82) is 0 Å². The molecule has 2 nitrogen and oxygen atoms in total. The van der Waals surface area contributed by atoms with Crippen molar-refractivity contribution < 1.29 is 13.6 Å². The first kappa shape index (κ1) is 16.0. The maximum absolute atomic E-state index is 13.7. The largest absolute Gasteiger partial charge is 0.323 e. The first-order chi connectivity index (χ1) is 9.97. The molecule has 0 aliphatic heterocycles. The van der Waals surface area contributed by atoms with Crippen LogP contribution in [0.25, 0.3) is 0 Å². The number of hydrogen-bond acceptors (Lipinski definition) is 2. The summed E-state index contributed by atoms with van der Waals surface area (Å²) in [7, 11) is 0. The molecule has 2 aromatic rings. The monoisotopic (exact) mass is 371 g/mol. The third-order valence-corrected chi connectivity index (χ3v) is 4.34. The molecule has 0 saturated heterocycles. The molecule has 0 aromatic heterocycles. The number of halogens is 3. The maximum Gasteiger partial charge on any atom is 0.237 e. The Morgan fingerprint density at radius 1 is 1.19 bits per heavy atom. The van der Waals surface area contributed by atoms with Crippen LogP contribution in [0.15, 0.2) is 51.8 Å². The van der Waals surface area contributed by atoms with Crippen LogP contribution in [-0.2, 0) is 4.79 Å². The second-order valence-electron chi connectivity index (χ2n) is 4.30. The minimum atomic E-state index is -0.551. The van der Waals surface area contributed by atoms with Crippen molar-refractivity contribution in [3.63, 3.8) is 0 Å². The Labute approximate surface area is 134 Å². The Kier molecular flexibility index (Phi) is 5.36. The van der Waals surface area contributed by atoms with Crippen LogP contribution in [0, 0.1) is 11.6 Å². The summed E-state index contributed by atoms with van der Waals surface area (Å²) in [5.41, 5.74) is 0.101. The Morgan fingerprint density at radius 2 is 1.90 bits per heavy atom. The first-order valence-corrected chi connectivity index (χ1v) is 7.81. The molecular weight excluding hydrogens is 360 g/mol. The normalized spacial score (nSPS) is 12.0. The molecule has 6 heteroatoms. The van der Waals surface area contributed by atoms with E-state index < -0.39 is 11.1 Å². The van der Waals surface area contributed by atoms with Gasteiger partial charge in [0, 0.05) is 9.37 Å². The minimum Gasteiger partial charge on any atom is -0.323 e. The van der Waals surface area contributed by atoms with Crippen LogP contribution in [0.1, 0.15) is 6.92 Å². The summed E-state index contributed by atoms with van der Waals surface area (Å²) in [4.78, 5) is 12.4. The number of thioether (sulfide) groups is 1. The van der Waals surface area contributed by atoms with Crippen molar-refractivity contribution in [3.8, 4) is 0 Å². The molecule has 1 unspecified atom stereocenters. The molecular formula is C15H12BrF2NOS. The number of carbonyl (C=O) groups is 1. The molecule has 2 aromatic carbocycles. The van der Waals surface area contributed by atoms with Crippen LogP contribution in [0.2, 0.25) is 0 Å².